The normalized spacial score (nSPS) is 10.7. The van der Waals surface area contributed by atoms with E-state index < -0.39 is 0 Å². The molecule has 5 heteroatoms. The first kappa shape index (κ1) is 15.2. The average Bonchev–Trinajstić information content (AvgIpc) is 2.48. The van der Waals surface area contributed by atoms with E-state index in [1.807, 2.05) is 6.07 Å². The lowest BCUT2D eigenvalue weighted by molar-refractivity contribution is 0.627. The predicted octanol–water partition coefficient (Wildman–Crippen LogP) is 3.34. The van der Waals surface area contributed by atoms with E-state index in [0.29, 0.717) is 18.4 Å². The zero-order chi connectivity index (χ0) is 15.1. The Morgan fingerprint density at radius 1 is 1.10 bits per heavy atom. The first-order valence-electron chi connectivity index (χ1n) is 7.18. The molecular weight excluding hydrogens is 267 g/mol. The molecule has 2 rings (SSSR count). The lowest BCUT2D eigenvalue weighted by Crippen LogP contribution is -2.12. The highest BCUT2D eigenvalue weighted by molar-refractivity contribution is 5.39. The summed E-state index contributed by atoms with van der Waals surface area (Å²) < 4.78 is 12.8. The van der Waals surface area contributed by atoms with E-state index in [0.717, 1.165) is 24.3 Å². The third kappa shape index (κ3) is 5.38. The van der Waals surface area contributed by atoms with Gasteiger partial charge in [-0.3, -0.25) is 0 Å². The highest BCUT2D eigenvalue weighted by atomic mass is 19.1. The molecule has 0 saturated carbocycles. The second kappa shape index (κ2) is 7.57. The number of nitrogens with one attached hydrogen (secondary N) is 2. The van der Waals surface area contributed by atoms with Crippen LogP contribution in [-0.4, -0.2) is 23.1 Å². The van der Waals surface area contributed by atoms with Crippen LogP contribution in [0.5, 0.6) is 0 Å². The molecule has 0 aliphatic heterocycles. The standard InChI is InChI=1S/C16H21FN4/c1-12(2)11-20-15-8-10-19-16(21-15)18-9-7-13-3-5-14(17)6-4-13/h3-6,8,10,12H,7,9,11H2,1-2H3,(H2,18,19,20,21). The van der Waals surface area contributed by atoms with E-state index in [4.69, 9.17) is 0 Å². The molecule has 0 spiro atoms. The minimum atomic E-state index is -0.209. The van der Waals surface area contributed by atoms with Gasteiger partial charge in [0.05, 0.1) is 0 Å². The molecule has 0 bridgehead atoms. The van der Waals surface area contributed by atoms with Crippen molar-refractivity contribution in [2.45, 2.75) is 20.3 Å². The van der Waals surface area contributed by atoms with Crippen LogP contribution >= 0.6 is 0 Å². The van der Waals surface area contributed by atoms with Crippen molar-refractivity contribution in [3.05, 3.63) is 47.9 Å². The zero-order valence-electron chi connectivity index (χ0n) is 12.4. The number of hydrogen-bond donors (Lipinski definition) is 2. The van der Waals surface area contributed by atoms with Crippen LogP contribution in [0.3, 0.4) is 0 Å². The SMILES string of the molecule is CC(C)CNc1ccnc(NCCc2ccc(F)cc2)n1. The van der Waals surface area contributed by atoms with Crippen LogP contribution < -0.4 is 10.6 Å². The van der Waals surface area contributed by atoms with E-state index in [-0.39, 0.29) is 5.82 Å². The summed E-state index contributed by atoms with van der Waals surface area (Å²) in [7, 11) is 0. The second-order valence-corrected chi connectivity index (χ2v) is 5.34. The van der Waals surface area contributed by atoms with Crippen LogP contribution in [0.25, 0.3) is 0 Å². The van der Waals surface area contributed by atoms with Crippen LogP contribution in [0.1, 0.15) is 19.4 Å². The van der Waals surface area contributed by atoms with Crippen LogP contribution in [-0.2, 0) is 6.42 Å². The Kier molecular flexibility index (Phi) is 5.49. The summed E-state index contributed by atoms with van der Waals surface area (Å²) in [5.74, 6) is 1.78. The van der Waals surface area contributed by atoms with Crippen molar-refractivity contribution >= 4 is 11.8 Å². The molecule has 0 unspecified atom stereocenters. The van der Waals surface area contributed by atoms with Crippen molar-refractivity contribution in [3.8, 4) is 0 Å². The molecule has 0 aliphatic carbocycles. The Balaban J connectivity index is 1.82. The van der Waals surface area contributed by atoms with E-state index in [1.165, 1.54) is 12.1 Å². The first-order valence-corrected chi connectivity index (χ1v) is 7.18. The number of nitrogens with zero attached hydrogens (tertiary/aromatic N) is 2. The Labute approximate surface area is 124 Å². The highest BCUT2D eigenvalue weighted by Gasteiger charge is 2.00. The van der Waals surface area contributed by atoms with Gasteiger partial charge in [-0.25, -0.2) is 9.37 Å². The predicted molar refractivity (Wildman–Crippen MR) is 84.0 cm³/mol. The Morgan fingerprint density at radius 2 is 1.86 bits per heavy atom. The van der Waals surface area contributed by atoms with Gasteiger partial charge in [-0.2, -0.15) is 4.98 Å². The number of halogens is 1. The lowest BCUT2D eigenvalue weighted by atomic mass is 10.1. The van der Waals surface area contributed by atoms with Gasteiger partial charge in [-0.15, -0.1) is 0 Å². The monoisotopic (exact) mass is 288 g/mol. The summed E-state index contributed by atoms with van der Waals surface area (Å²) in [6.07, 6.45) is 2.53. The third-order valence-electron chi connectivity index (χ3n) is 2.96. The van der Waals surface area contributed by atoms with Crippen molar-refractivity contribution in [1.82, 2.24) is 9.97 Å². The van der Waals surface area contributed by atoms with Gasteiger partial charge in [-0.05, 0) is 36.1 Å². The summed E-state index contributed by atoms with van der Waals surface area (Å²) in [6.45, 7) is 5.89. The van der Waals surface area contributed by atoms with Crippen molar-refractivity contribution in [3.63, 3.8) is 0 Å². The van der Waals surface area contributed by atoms with Gasteiger partial charge in [0.2, 0.25) is 5.95 Å². The van der Waals surface area contributed by atoms with Crippen molar-refractivity contribution in [2.24, 2.45) is 5.92 Å². The fourth-order valence-electron chi connectivity index (χ4n) is 1.82. The molecule has 2 aromatic rings. The minimum absolute atomic E-state index is 0.209. The maximum absolute atomic E-state index is 12.8. The second-order valence-electron chi connectivity index (χ2n) is 5.34. The molecule has 0 saturated heterocycles. The summed E-state index contributed by atoms with van der Waals surface area (Å²) >= 11 is 0. The number of benzene rings is 1. The summed E-state index contributed by atoms with van der Waals surface area (Å²) in [5, 5.41) is 6.45. The van der Waals surface area contributed by atoms with Gasteiger partial charge < -0.3 is 10.6 Å². The summed E-state index contributed by atoms with van der Waals surface area (Å²) in [6, 6.07) is 8.38. The van der Waals surface area contributed by atoms with Crippen LogP contribution in [0, 0.1) is 11.7 Å². The number of anilines is 2. The van der Waals surface area contributed by atoms with Crippen molar-refractivity contribution in [2.75, 3.05) is 23.7 Å². The fraction of sp³-hybridized carbons (Fsp3) is 0.375. The van der Waals surface area contributed by atoms with E-state index >= 15 is 0 Å². The Morgan fingerprint density at radius 3 is 2.57 bits per heavy atom. The van der Waals surface area contributed by atoms with Gasteiger partial charge in [-0.1, -0.05) is 26.0 Å². The molecule has 1 aromatic heterocycles. The molecule has 0 atom stereocenters. The van der Waals surface area contributed by atoms with E-state index in [9.17, 15) is 4.39 Å². The van der Waals surface area contributed by atoms with Gasteiger partial charge in [0.25, 0.3) is 0 Å². The fourth-order valence-corrected chi connectivity index (χ4v) is 1.82. The topological polar surface area (TPSA) is 49.8 Å². The number of aromatic nitrogens is 2. The third-order valence-corrected chi connectivity index (χ3v) is 2.96. The summed E-state index contributed by atoms with van der Waals surface area (Å²) in [5.41, 5.74) is 1.08. The molecule has 2 N–H and O–H groups in total. The van der Waals surface area contributed by atoms with E-state index in [2.05, 4.69) is 34.4 Å². The van der Waals surface area contributed by atoms with Gasteiger partial charge in [0, 0.05) is 19.3 Å². The van der Waals surface area contributed by atoms with Crippen LogP contribution in [0.2, 0.25) is 0 Å². The number of hydrogen-bond acceptors (Lipinski definition) is 4. The Hall–Kier alpha value is -2.17. The maximum Gasteiger partial charge on any atom is 0.224 e. The molecule has 0 fully saturated rings. The first-order chi connectivity index (χ1) is 10.1. The molecule has 1 heterocycles. The lowest BCUT2D eigenvalue weighted by Gasteiger charge is -2.10. The molecule has 21 heavy (non-hydrogen) atoms. The molecule has 1 aromatic carbocycles. The molecule has 0 aliphatic rings. The summed E-state index contributed by atoms with van der Waals surface area (Å²) in [4.78, 5) is 8.59. The zero-order valence-corrected chi connectivity index (χ0v) is 12.4. The average molecular weight is 288 g/mol. The number of rotatable bonds is 7. The molecule has 0 radical (unpaired) electrons. The van der Waals surface area contributed by atoms with Crippen LogP contribution in [0.4, 0.5) is 16.2 Å². The van der Waals surface area contributed by atoms with Gasteiger partial charge >= 0.3 is 0 Å². The smallest absolute Gasteiger partial charge is 0.224 e. The van der Waals surface area contributed by atoms with Crippen molar-refractivity contribution < 1.29 is 4.39 Å². The van der Waals surface area contributed by atoms with Crippen LogP contribution in [0.15, 0.2) is 36.5 Å². The molecule has 0 amide bonds. The molecule has 4 nitrogen and oxygen atoms in total. The quantitative estimate of drug-likeness (QED) is 0.820. The molecular formula is C16H21FN4. The van der Waals surface area contributed by atoms with Gasteiger partial charge in [0.15, 0.2) is 0 Å². The van der Waals surface area contributed by atoms with Gasteiger partial charge in [0.1, 0.15) is 11.6 Å². The minimum Gasteiger partial charge on any atom is -0.370 e. The molecule has 112 valence electrons. The highest BCUT2D eigenvalue weighted by Crippen LogP contribution is 2.08. The van der Waals surface area contributed by atoms with E-state index in [1.54, 1.807) is 18.3 Å². The maximum atomic E-state index is 12.8. The Bertz CT molecular complexity index is 554. The van der Waals surface area contributed by atoms with Crippen molar-refractivity contribution in [1.29, 1.82) is 0 Å². The largest absolute Gasteiger partial charge is 0.370 e.